The van der Waals surface area contributed by atoms with E-state index in [1.165, 1.54) is 16.2 Å². The number of benzene rings is 2. The second-order valence-corrected chi connectivity index (χ2v) is 13.4. The second kappa shape index (κ2) is 9.65. The van der Waals surface area contributed by atoms with Crippen molar-refractivity contribution in [1.82, 2.24) is 25.5 Å². The summed E-state index contributed by atoms with van der Waals surface area (Å²) < 4.78 is 6.51. The second-order valence-electron chi connectivity index (χ2n) is 8.37. The molecule has 0 radical (unpaired) electrons. The largest absolute Gasteiger partial charge is 0.497 e. The van der Waals surface area contributed by atoms with Crippen molar-refractivity contribution < 1.29 is 14.3 Å². The summed E-state index contributed by atoms with van der Waals surface area (Å²) in [5, 5.41) is 14.9. The lowest BCUT2D eigenvalue weighted by Gasteiger charge is -2.19. The number of amides is 1. The molecule has 0 aliphatic rings. The Kier molecular flexibility index (Phi) is 6.96. The van der Waals surface area contributed by atoms with Crippen molar-refractivity contribution in [3.8, 4) is 5.75 Å². The van der Waals surface area contributed by atoms with Crippen molar-refractivity contribution in [1.29, 1.82) is 0 Å². The van der Waals surface area contributed by atoms with Crippen molar-refractivity contribution in [3.05, 3.63) is 66.0 Å². The number of carbonyl (C=O) groups is 2. The van der Waals surface area contributed by atoms with E-state index >= 15 is 0 Å². The zero-order valence-electron chi connectivity index (χ0n) is 18.2. The number of carbonyl (C=O) groups excluding carboxylic acids is 2. The van der Waals surface area contributed by atoms with Gasteiger partial charge in [-0.3, -0.25) is 9.59 Å². The van der Waals surface area contributed by atoms with Gasteiger partial charge in [-0.2, -0.15) is 0 Å². The van der Waals surface area contributed by atoms with Gasteiger partial charge in [-0.15, -0.1) is 5.10 Å². The Morgan fingerprint density at radius 3 is 2.29 bits per heavy atom. The van der Waals surface area contributed by atoms with Gasteiger partial charge in [0.1, 0.15) is 24.7 Å². The van der Waals surface area contributed by atoms with Gasteiger partial charge in [-0.1, -0.05) is 61.2 Å². The number of hydrogen-bond donors (Lipinski definition) is 1. The average molecular weight is 438 g/mol. The summed E-state index contributed by atoms with van der Waals surface area (Å²) in [5.41, 5.74) is 1.61. The molecule has 0 fully saturated rings. The third-order valence-corrected chi connectivity index (χ3v) is 7.04. The van der Waals surface area contributed by atoms with Crippen molar-refractivity contribution in [2.45, 2.75) is 38.6 Å². The Hall–Kier alpha value is -3.33. The van der Waals surface area contributed by atoms with E-state index in [2.05, 4.69) is 52.6 Å². The molecule has 31 heavy (non-hydrogen) atoms. The van der Waals surface area contributed by atoms with E-state index in [4.69, 9.17) is 4.74 Å². The number of rotatable bonds is 9. The minimum Gasteiger partial charge on any atom is -0.497 e. The van der Waals surface area contributed by atoms with E-state index in [-0.39, 0.29) is 24.7 Å². The normalized spacial score (nSPS) is 12.3. The van der Waals surface area contributed by atoms with Gasteiger partial charge in [-0.05, 0) is 33.7 Å². The van der Waals surface area contributed by atoms with E-state index in [9.17, 15) is 9.59 Å². The Labute approximate surface area is 182 Å². The molecule has 1 atom stereocenters. The van der Waals surface area contributed by atoms with Gasteiger partial charge in [0.15, 0.2) is 5.78 Å². The van der Waals surface area contributed by atoms with Gasteiger partial charge in [0.25, 0.3) is 0 Å². The number of ketones is 1. The predicted molar refractivity (Wildman–Crippen MR) is 120 cm³/mol. The van der Waals surface area contributed by atoms with Crippen LogP contribution in [-0.4, -0.2) is 47.1 Å². The fraction of sp³-hybridized carbons (Fsp3) is 0.318. The van der Waals surface area contributed by atoms with Crippen LogP contribution in [0, 0.1) is 0 Å². The lowest BCUT2D eigenvalue weighted by Crippen LogP contribution is -2.38. The van der Waals surface area contributed by atoms with Crippen molar-refractivity contribution in [3.63, 3.8) is 0 Å². The highest BCUT2D eigenvalue weighted by molar-refractivity contribution is 6.88. The van der Waals surface area contributed by atoms with Crippen LogP contribution in [0.4, 0.5) is 0 Å². The predicted octanol–water partition coefficient (Wildman–Crippen LogP) is 1.90. The van der Waals surface area contributed by atoms with Crippen molar-refractivity contribution in [2.24, 2.45) is 0 Å². The Balaban J connectivity index is 1.78. The summed E-state index contributed by atoms with van der Waals surface area (Å²) in [4.78, 5) is 25.7. The molecule has 3 aromatic rings. The third kappa shape index (κ3) is 6.08. The van der Waals surface area contributed by atoms with E-state index in [0.717, 1.165) is 5.56 Å². The molecule has 1 N–H and O–H groups in total. The zero-order chi connectivity index (χ0) is 22.4. The van der Waals surface area contributed by atoms with Crippen molar-refractivity contribution in [2.75, 3.05) is 7.11 Å². The summed E-state index contributed by atoms with van der Waals surface area (Å²) in [6.07, 6.45) is 1.57. The molecule has 1 aromatic heterocycles. The Morgan fingerprint density at radius 1 is 1.06 bits per heavy atom. The summed E-state index contributed by atoms with van der Waals surface area (Å²) in [6.45, 7) is 6.78. The first kappa shape index (κ1) is 22.4. The first-order valence-electron chi connectivity index (χ1n) is 10.0. The third-order valence-electron chi connectivity index (χ3n) is 4.97. The quantitative estimate of drug-likeness (QED) is 0.513. The monoisotopic (exact) mass is 437 g/mol. The summed E-state index contributed by atoms with van der Waals surface area (Å²) >= 11 is 0. The molecule has 0 saturated heterocycles. The van der Waals surface area contributed by atoms with Crippen LogP contribution in [0.1, 0.15) is 17.2 Å². The lowest BCUT2D eigenvalue weighted by atomic mass is 9.97. The molecule has 1 unspecified atom stereocenters. The van der Waals surface area contributed by atoms with Gasteiger partial charge in [0.05, 0.1) is 15.2 Å². The molecule has 0 saturated carbocycles. The smallest absolute Gasteiger partial charge is 0.242 e. The minimum atomic E-state index is -1.41. The topological polar surface area (TPSA) is 99.0 Å². The SMILES string of the molecule is COc1ccc(C(NC(=O)Cn2cnnn2)C(=O)Cc2ccc([Si](C)(C)C)cc2)cc1. The number of methoxy groups -OCH3 is 1. The van der Waals surface area contributed by atoms with E-state index in [1.54, 1.807) is 31.4 Å². The molecular formula is C22H27N5O3Si. The fourth-order valence-corrected chi connectivity index (χ4v) is 4.35. The Morgan fingerprint density at radius 2 is 1.74 bits per heavy atom. The molecule has 1 amide bonds. The van der Waals surface area contributed by atoms with Gasteiger partial charge in [-0.25, -0.2) is 4.68 Å². The molecule has 1 heterocycles. The van der Waals surface area contributed by atoms with Gasteiger partial charge in [0.2, 0.25) is 5.91 Å². The average Bonchev–Trinajstić information content (AvgIpc) is 3.25. The van der Waals surface area contributed by atoms with Gasteiger partial charge >= 0.3 is 0 Å². The molecule has 8 nitrogen and oxygen atoms in total. The molecule has 3 rings (SSSR count). The molecule has 0 bridgehead atoms. The van der Waals surface area contributed by atoms with Crippen LogP contribution in [0.25, 0.3) is 0 Å². The highest BCUT2D eigenvalue weighted by Crippen LogP contribution is 2.20. The summed E-state index contributed by atoms with van der Waals surface area (Å²) in [5.74, 6) is 0.225. The minimum absolute atomic E-state index is 0.0716. The molecule has 9 heteroatoms. The molecular weight excluding hydrogens is 410 g/mol. The molecule has 0 spiro atoms. The highest BCUT2D eigenvalue weighted by Gasteiger charge is 2.24. The molecule has 2 aromatic carbocycles. The molecule has 0 aliphatic carbocycles. The number of ether oxygens (including phenoxy) is 1. The van der Waals surface area contributed by atoms with E-state index in [0.29, 0.717) is 11.3 Å². The maximum absolute atomic E-state index is 13.2. The maximum Gasteiger partial charge on any atom is 0.242 e. The number of hydrogen-bond acceptors (Lipinski definition) is 6. The molecule has 0 aliphatic heterocycles. The summed E-state index contributed by atoms with van der Waals surface area (Å²) in [6, 6.07) is 14.5. The lowest BCUT2D eigenvalue weighted by molar-refractivity contribution is -0.128. The number of Topliss-reactive ketones (excluding diaryl/α,β-unsaturated/α-hetero) is 1. The van der Waals surface area contributed by atoms with Crippen LogP contribution in [0.2, 0.25) is 19.6 Å². The number of tetrazole rings is 1. The number of nitrogens with zero attached hydrogens (tertiary/aromatic N) is 4. The van der Waals surface area contributed by atoms with Gasteiger partial charge < -0.3 is 10.1 Å². The van der Waals surface area contributed by atoms with Crippen molar-refractivity contribution >= 4 is 25.0 Å². The van der Waals surface area contributed by atoms with Crippen LogP contribution < -0.4 is 15.2 Å². The van der Waals surface area contributed by atoms with Gasteiger partial charge in [0, 0.05) is 6.42 Å². The standard InChI is InChI=1S/C22H27N5O3Si/c1-30-18-9-7-17(8-10-18)22(24-21(29)14-27-15-23-25-26-27)20(28)13-16-5-11-19(12-6-16)31(2,3)4/h5-12,15,22H,13-14H2,1-4H3,(H,24,29). The first-order valence-corrected chi connectivity index (χ1v) is 13.5. The zero-order valence-corrected chi connectivity index (χ0v) is 19.2. The van der Waals surface area contributed by atoms with Crippen LogP contribution >= 0.6 is 0 Å². The molecule has 162 valence electrons. The van der Waals surface area contributed by atoms with E-state index in [1.807, 2.05) is 12.1 Å². The first-order chi connectivity index (χ1) is 14.8. The number of aromatic nitrogens is 4. The van der Waals surface area contributed by atoms with E-state index < -0.39 is 14.1 Å². The maximum atomic E-state index is 13.2. The van der Waals surface area contributed by atoms with Crippen LogP contribution in [0.5, 0.6) is 5.75 Å². The van der Waals surface area contributed by atoms with Crippen LogP contribution in [-0.2, 0) is 22.6 Å². The number of nitrogens with one attached hydrogen (secondary N) is 1. The van der Waals surface area contributed by atoms with Crippen LogP contribution in [0.15, 0.2) is 54.9 Å². The van der Waals surface area contributed by atoms with Crippen LogP contribution in [0.3, 0.4) is 0 Å². The Bertz CT molecular complexity index is 1010. The fourth-order valence-electron chi connectivity index (χ4n) is 3.18. The highest BCUT2D eigenvalue weighted by atomic mass is 28.3. The summed E-state index contributed by atoms with van der Waals surface area (Å²) in [7, 11) is 0.174.